The minimum atomic E-state index is -4.37. The van der Waals surface area contributed by atoms with Crippen LogP contribution in [0.2, 0.25) is 0 Å². The van der Waals surface area contributed by atoms with Crippen LogP contribution in [0.25, 0.3) is 0 Å². The van der Waals surface area contributed by atoms with E-state index in [1.165, 1.54) is 31.4 Å². The molecule has 2 aliphatic heterocycles. The summed E-state index contributed by atoms with van der Waals surface area (Å²) in [7, 11) is -7.40. The lowest BCUT2D eigenvalue weighted by Crippen LogP contribution is -2.62. The van der Waals surface area contributed by atoms with Gasteiger partial charge in [-0.25, -0.2) is 0 Å². The minimum Gasteiger partial charge on any atom is -0.365 e. The van der Waals surface area contributed by atoms with Gasteiger partial charge >= 0.3 is 0 Å². The van der Waals surface area contributed by atoms with Crippen molar-refractivity contribution in [1.82, 2.24) is 0 Å². The minimum absolute atomic E-state index is 0.0781. The summed E-state index contributed by atoms with van der Waals surface area (Å²) >= 11 is 0. The molecule has 0 N–H and O–H groups in total. The number of hydrogen-bond acceptors (Lipinski definition) is 9. The smallest absolute Gasteiger partial charge is 0.297 e. The Morgan fingerprint density at radius 2 is 1.20 bits per heavy atom. The van der Waals surface area contributed by atoms with Gasteiger partial charge in [0, 0.05) is 7.11 Å². The molecule has 0 saturated carbocycles. The first-order valence-electron chi connectivity index (χ1n) is 13.0. The van der Waals surface area contributed by atoms with E-state index in [0.717, 1.165) is 16.7 Å². The number of aryl methyl sites for hydroxylation is 2. The van der Waals surface area contributed by atoms with Crippen molar-refractivity contribution in [1.29, 1.82) is 0 Å². The van der Waals surface area contributed by atoms with E-state index in [0.29, 0.717) is 12.8 Å². The summed E-state index contributed by atoms with van der Waals surface area (Å²) < 4.78 is 83.1. The normalized spacial score (nSPS) is 27.2. The molecule has 0 amide bonds. The number of methoxy groups -OCH3 is 1. The van der Waals surface area contributed by atoms with Crippen LogP contribution in [0.5, 0.6) is 0 Å². The monoisotopic (exact) mass is 588 g/mol. The van der Waals surface area contributed by atoms with Gasteiger partial charge in [-0.3, -0.25) is 8.37 Å². The Morgan fingerprint density at radius 1 is 0.675 bits per heavy atom. The Bertz CT molecular complexity index is 1510. The van der Waals surface area contributed by atoms with Crippen molar-refractivity contribution in [3.8, 4) is 0 Å². The van der Waals surface area contributed by atoms with Gasteiger partial charge in [-0.1, -0.05) is 65.7 Å². The zero-order valence-corrected chi connectivity index (χ0v) is 24.0. The van der Waals surface area contributed by atoms with Gasteiger partial charge in [0.2, 0.25) is 0 Å². The largest absolute Gasteiger partial charge is 0.365 e. The maximum Gasteiger partial charge on any atom is 0.297 e. The fourth-order valence-corrected chi connectivity index (χ4v) is 7.14. The average Bonchev–Trinajstić information content (AvgIpc) is 2.94. The van der Waals surface area contributed by atoms with Crippen LogP contribution in [0, 0.1) is 13.8 Å². The highest BCUT2D eigenvalue weighted by molar-refractivity contribution is 7.87. The van der Waals surface area contributed by atoms with E-state index in [4.69, 9.17) is 22.6 Å². The summed E-state index contributed by atoms with van der Waals surface area (Å²) in [4.78, 5) is -0.174. The van der Waals surface area contributed by atoms with Crippen molar-refractivity contribution in [2.75, 3.05) is 7.11 Å². The standard InChI is InChI=1S/C29H32O9S2/c1-19-9-13-22(14-10-19)39(30,31)37-27-26-25(18-17-24(35-26)21-7-5-4-6-8-21)36-29(34-3)28(27)38-40(32,33)23-15-11-20(2)12-16-23/h4-16,24-29H,17-18H2,1-3H3/t24-,25-,26-,27-,28+,29+/m0/s1. The zero-order valence-electron chi connectivity index (χ0n) is 22.4. The Morgan fingerprint density at radius 3 is 1.73 bits per heavy atom. The van der Waals surface area contributed by atoms with Gasteiger partial charge in [0.05, 0.1) is 22.0 Å². The van der Waals surface area contributed by atoms with E-state index >= 15 is 0 Å². The molecule has 9 nitrogen and oxygen atoms in total. The van der Waals surface area contributed by atoms with Crippen LogP contribution in [-0.4, -0.2) is 54.7 Å². The summed E-state index contributed by atoms with van der Waals surface area (Å²) in [6, 6.07) is 21.8. The van der Waals surface area contributed by atoms with Gasteiger partial charge in [0.1, 0.15) is 12.2 Å². The molecule has 2 fully saturated rings. The third-order valence-electron chi connectivity index (χ3n) is 7.12. The molecule has 0 spiro atoms. The molecule has 0 unspecified atom stereocenters. The van der Waals surface area contributed by atoms with Gasteiger partial charge in [0.25, 0.3) is 20.2 Å². The van der Waals surface area contributed by atoms with Crippen molar-refractivity contribution in [2.45, 2.75) is 73.3 Å². The topological polar surface area (TPSA) is 114 Å². The molecule has 11 heteroatoms. The van der Waals surface area contributed by atoms with Gasteiger partial charge in [-0.15, -0.1) is 0 Å². The van der Waals surface area contributed by atoms with Gasteiger partial charge in [-0.2, -0.15) is 16.8 Å². The van der Waals surface area contributed by atoms with Crippen LogP contribution in [0.4, 0.5) is 0 Å². The molecule has 0 radical (unpaired) electrons. The third kappa shape index (κ3) is 6.15. The molecule has 0 bridgehead atoms. The molecule has 2 aliphatic rings. The number of benzene rings is 3. The second-order valence-corrected chi connectivity index (χ2v) is 13.2. The highest BCUT2D eigenvalue weighted by atomic mass is 32.2. The molecule has 3 aromatic rings. The predicted molar refractivity (Wildman–Crippen MR) is 145 cm³/mol. The molecular weight excluding hydrogens is 556 g/mol. The van der Waals surface area contributed by atoms with Crippen molar-refractivity contribution in [2.24, 2.45) is 0 Å². The highest BCUT2D eigenvalue weighted by Crippen LogP contribution is 2.41. The van der Waals surface area contributed by atoms with Gasteiger partial charge < -0.3 is 14.2 Å². The molecule has 2 heterocycles. The molecule has 40 heavy (non-hydrogen) atoms. The number of ether oxygens (including phenoxy) is 3. The van der Waals surface area contributed by atoms with E-state index in [1.807, 2.05) is 44.2 Å². The van der Waals surface area contributed by atoms with Crippen molar-refractivity contribution in [3.05, 3.63) is 95.6 Å². The van der Waals surface area contributed by atoms with Gasteiger partial charge in [0.15, 0.2) is 12.4 Å². The molecule has 6 atom stereocenters. The molecule has 0 aliphatic carbocycles. The highest BCUT2D eigenvalue weighted by Gasteiger charge is 2.54. The summed E-state index contributed by atoms with van der Waals surface area (Å²) in [5.41, 5.74) is 2.64. The maximum absolute atomic E-state index is 13.5. The Balaban J connectivity index is 1.53. The molecule has 214 valence electrons. The Hall–Kier alpha value is -2.64. The second kappa shape index (κ2) is 11.7. The van der Waals surface area contributed by atoms with E-state index < -0.39 is 50.9 Å². The molecule has 5 rings (SSSR count). The van der Waals surface area contributed by atoms with Crippen LogP contribution < -0.4 is 0 Å². The van der Waals surface area contributed by atoms with Crippen molar-refractivity contribution < 1.29 is 39.4 Å². The molecular formula is C29H32O9S2. The number of rotatable bonds is 8. The summed E-state index contributed by atoms with van der Waals surface area (Å²) in [5.74, 6) is 0. The van der Waals surface area contributed by atoms with Crippen LogP contribution >= 0.6 is 0 Å². The number of fused-ring (bicyclic) bond motifs is 1. The first-order valence-corrected chi connectivity index (χ1v) is 15.8. The average molecular weight is 589 g/mol. The molecule has 0 aromatic heterocycles. The van der Waals surface area contributed by atoms with Crippen LogP contribution in [0.1, 0.15) is 35.6 Å². The second-order valence-electron chi connectivity index (χ2n) is 10.0. The lowest BCUT2D eigenvalue weighted by Gasteiger charge is -2.48. The van der Waals surface area contributed by atoms with E-state index in [9.17, 15) is 16.8 Å². The van der Waals surface area contributed by atoms with E-state index in [1.54, 1.807) is 24.3 Å². The molecule has 2 saturated heterocycles. The fourth-order valence-electron chi connectivity index (χ4n) is 4.98. The Labute approximate surface area is 235 Å². The summed E-state index contributed by atoms with van der Waals surface area (Å²) in [6.45, 7) is 3.67. The third-order valence-corrected chi connectivity index (χ3v) is 9.77. The molecule has 3 aromatic carbocycles. The summed E-state index contributed by atoms with van der Waals surface area (Å²) in [5, 5.41) is 0. The first kappa shape index (κ1) is 28.9. The van der Waals surface area contributed by atoms with E-state index in [-0.39, 0.29) is 15.9 Å². The maximum atomic E-state index is 13.5. The zero-order chi connectivity index (χ0) is 28.5. The van der Waals surface area contributed by atoms with Crippen LogP contribution in [-0.2, 0) is 42.8 Å². The quantitative estimate of drug-likeness (QED) is 0.352. The lowest BCUT2D eigenvalue weighted by molar-refractivity contribution is -0.305. The fraction of sp³-hybridized carbons (Fsp3) is 0.379. The summed E-state index contributed by atoms with van der Waals surface area (Å²) in [6.07, 6.45) is -5.00. The van der Waals surface area contributed by atoms with Crippen molar-refractivity contribution in [3.63, 3.8) is 0 Å². The predicted octanol–water partition coefficient (Wildman–Crippen LogP) is 4.44. The SMILES string of the molecule is CO[C@@H]1O[C@H]2CC[C@@H](c3ccccc3)O[C@@H]2[C@H](OS(=O)(=O)c2ccc(C)cc2)[C@H]1OS(=O)(=O)c1ccc(C)cc1. The Kier molecular flexibility index (Phi) is 8.44. The van der Waals surface area contributed by atoms with Crippen LogP contribution in [0.3, 0.4) is 0 Å². The van der Waals surface area contributed by atoms with Gasteiger partial charge in [-0.05, 0) is 56.5 Å². The number of hydrogen-bond donors (Lipinski definition) is 0. The van der Waals surface area contributed by atoms with Crippen molar-refractivity contribution >= 4 is 20.2 Å². The first-order chi connectivity index (χ1) is 19.1. The van der Waals surface area contributed by atoms with E-state index in [2.05, 4.69) is 0 Å². The van der Waals surface area contributed by atoms with Crippen LogP contribution in [0.15, 0.2) is 88.7 Å². The lowest BCUT2D eigenvalue weighted by atomic mass is 9.90.